The maximum absolute atomic E-state index is 11.3. The number of nitro groups is 1. The van der Waals surface area contributed by atoms with E-state index < -0.39 is 4.92 Å². The summed E-state index contributed by atoms with van der Waals surface area (Å²) in [6.45, 7) is 5.73. The molecule has 1 fully saturated rings. The number of hydrogen-bond donors (Lipinski definition) is 1. The maximum atomic E-state index is 11.3. The normalized spacial score (nSPS) is 17.8. The van der Waals surface area contributed by atoms with E-state index in [-0.39, 0.29) is 18.1 Å². The number of methoxy groups -OCH3 is 1. The first-order valence-corrected chi connectivity index (χ1v) is 7.94. The van der Waals surface area contributed by atoms with Crippen molar-refractivity contribution in [2.24, 2.45) is 0 Å². The third-order valence-corrected chi connectivity index (χ3v) is 4.16. The molecule has 7 nitrogen and oxygen atoms in total. The van der Waals surface area contributed by atoms with Gasteiger partial charge in [-0.3, -0.25) is 15.0 Å². The Morgan fingerprint density at radius 1 is 1.40 bits per heavy atom. The lowest BCUT2D eigenvalue weighted by Crippen LogP contribution is -2.48. The van der Waals surface area contributed by atoms with Crippen molar-refractivity contribution in [3.8, 4) is 17.1 Å². The van der Waals surface area contributed by atoms with E-state index >= 15 is 0 Å². The van der Waals surface area contributed by atoms with Crippen LogP contribution in [0.1, 0.15) is 12.7 Å². The smallest absolute Gasteiger partial charge is 0.284 e. The fourth-order valence-corrected chi connectivity index (χ4v) is 2.98. The van der Waals surface area contributed by atoms with Crippen molar-refractivity contribution < 1.29 is 14.1 Å². The summed E-state index contributed by atoms with van der Waals surface area (Å²) >= 11 is 0. The molecule has 0 aliphatic carbocycles. The van der Waals surface area contributed by atoms with Crippen LogP contribution in [0.3, 0.4) is 0 Å². The van der Waals surface area contributed by atoms with E-state index in [4.69, 9.17) is 9.15 Å². The fourth-order valence-electron chi connectivity index (χ4n) is 2.98. The third kappa shape index (κ3) is 4.50. The Labute approximate surface area is 152 Å². The third-order valence-electron chi connectivity index (χ3n) is 4.16. The zero-order valence-electron chi connectivity index (χ0n) is 14.2. The Bertz CT molecular complexity index is 734. The minimum Gasteiger partial charge on any atom is -0.497 e. The molecule has 3 rings (SSSR count). The first-order chi connectivity index (χ1) is 11.6. The van der Waals surface area contributed by atoms with E-state index in [1.165, 1.54) is 13.2 Å². The lowest BCUT2D eigenvalue weighted by atomic mass is 10.1. The van der Waals surface area contributed by atoms with Gasteiger partial charge in [0.05, 0.1) is 30.2 Å². The molecule has 1 aliphatic heterocycles. The van der Waals surface area contributed by atoms with Crippen LogP contribution in [-0.4, -0.2) is 42.6 Å². The second-order valence-electron chi connectivity index (χ2n) is 6.00. The quantitative estimate of drug-likeness (QED) is 0.646. The molecule has 1 aromatic carbocycles. The van der Waals surface area contributed by atoms with Crippen LogP contribution in [-0.2, 0) is 6.54 Å². The van der Waals surface area contributed by atoms with Crippen LogP contribution in [0.4, 0.5) is 5.69 Å². The zero-order valence-corrected chi connectivity index (χ0v) is 15.0. The van der Waals surface area contributed by atoms with Gasteiger partial charge in [-0.05, 0) is 31.2 Å². The number of nitro benzene ring substituents is 1. The van der Waals surface area contributed by atoms with Gasteiger partial charge < -0.3 is 14.5 Å². The van der Waals surface area contributed by atoms with Crippen LogP contribution in [0.25, 0.3) is 11.3 Å². The Kier molecular flexibility index (Phi) is 6.41. The standard InChI is InChI=1S/C17H21N3O4.ClH/c1-12-10-19(8-7-18-12)11-14-4-6-17(24-14)15-5-3-13(23-2)9-16(15)20(21)22;/h3-6,9,12,18H,7-8,10-11H2,1-2H3;1H/t12-;/m0./s1. The summed E-state index contributed by atoms with van der Waals surface area (Å²) in [5.41, 5.74) is 0.437. The number of nitrogens with zero attached hydrogens (tertiary/aromatic N) is 2. The Morgan fingerprint density at radius 2 is 2.20 bits per heavy atom. The molecule has 0 bridgehead atoms. The molecule has 136 valence electrons. The van der Waals surface area contributed by atoms with Gasteiger partial charge in [-0.2, -0.15) is 0 Å². The first-order valence-electron chi connectivity index (χ1n) is 7.94. The van der Waals surface area contributed by atoms with Gasteiger partial charge in [-0.15, -0.1) is 12.4 Å². The molecular weight excluding hydrogens is 346 g/mol. The topological polar surface area (TPSA) is 80.8 Å². The molecule has 1 saturated heterocycles. The summed E-state index contributed by atoms with van der Waals surface area (Å²) in [5.74, 6) is 1.76. The van der Waals surface area contributed by atoms with Crippen molar-refractivity contribution in [3.63, 3.8) is 0 Å². The number of hydrogen-bond acceptors (Lipinski definition) is 6. The summed E-state index contributed by atoms with van der Waals surface area (Å²) in [5, 5.41) is 14.7. The van der Waals surface area contributed by atoms with Gasteiger partial charge in [0.25, 0.3) is 5.69 Å². The van der Waals surface area contributed by atoms with Gasteiger partial charge in [0.2, 0.25) is 0 Å². The average molecular weight is 368 g/mol. The van der Waals surface area contributed by atoms with Gasteiger partial charge in [0.1, 0.15) is 17.3 Å². The molecule has 0 saturated carbocycles. The molecule has 2 aromatic rings. The van der Waals surface area contributed by atoms with E-state index in [1.807, 2.05) is 6.07 Å². The second-order valence-corrected chi connectivity index (χ2v) is 6.00. The summed E-state index contributed by atoms with van der Waals surface area (Å²) in [6, 6.07) is 8.90. The number of nitrogens with one attached hydrogen (secondary N) is 1. The van der Waals surface area contributed by atoms with Crippen LogP contribution in [0.5, 0.6) is 5.75 Å². The van der Waals surface area contributed by atoms with Crippen LogP contribution in [0.15, 0.2) is 34.7 Å². The molecule has 0 amide bonds. The van der Waals surface area contributed by atoms with Crippen molar-refractivity contribution in [1.29, 1.82) is 0 Å². The number of furan rings is 1. The molecule has 1 aromatic heterocycles. The highest BCUT2D eigenvalue weighted by Gasteiger charge is 2.21. The number of benzene rings is 1. The fraction of sp³-hybridized carbons (Fsp3) is 0.412. The SMILES string of the molecule is COc1ccc(-c2ccc(CN3CCN[C@@H](C)C3)o2)c([N+](=O)[O-])c1.Cl. The van der Waals surface area contributed by atoms with Crippen LogP contribution >= 0.6 is 12.4 Å². The summed E-state index contributed by atoms with van der Waals surface area (Å²) in [6.07, 6.45) is 0. The van der Waals surface area contributed by atoms with E-state index in [1.54, 1.807) is 18.2 Å². The van der Waals surface area contributed by atoms with Crippen LogP contribution < -0.4 is 10.1 Å². The van der Waals surface area contributed by atoms with E-state index in [9.17, 15) is 10.1 Å². The molecule has 0 radical (unpaired) electrons. The predicted molar refractivity (Wildman–Crippen MR) is 97.3 cm³/mol. The monoisotopic (exact) mass is 367 g/mol. The highest BCUT2D eigenvalue weighted by molar-refractivity contribution is 5.85. The minimum atomic E-state index is -0.419. The van der Waals surface area contributed by atoms with Gasteiger partial charge in [-0.1, -0.05) is 0 Å². The van der Waals surface area contributed by atoms with E-state index in [0.717, 1.165) is 25.4 Å². The highest BCUT2D eigenvalue weighted by atomic mass is 35.5. The van der Waals surface area contributed by atoms with E-state index in [2.05, 4.69) is 17.1 Å². The largest absolute Gasteiger partial charge is 0.497 e. The van der Waals surface area contributed by atoms with Crippen LogP contribution in [0.2, 0.25) is 0 Å². The molecular formula is C17H22ClN3O4. The summed E-state index contributed by atoms with van der Waals surface area (Å²) in [4.78, 5) is 13.2. The van der Waals surface area contributed by atoms with Crippen molar-refractivity contribution in [1.82, 2.24) is 10.2 Å². The zero-order chi connectivity index (χ0) is 17.1. The van der Waals surface area contributed by atoms with Crippen molar-refractivity contribution in [2.75, 3.05) is 26.7 Å². The van der Waals surface area contributed by atoms with Gasteiger partial charge in [-0.25, -0.2) is 0 Å². The second kappa shape index (κ2) is 8.33. The van der Waals surface area contributed by atoms with Crippen molar-refractivity contribution in [3.05, 3.63) is 46.2 Å². The first kappa shape index (κ1) is 19.2. The maximum Gasteiger partial charge on any atom is 0.284 e. The molecule has 1 atom stereocenters. The Morgan fingerprint density at radius 3 is 2.88 bits per heavy atom. The molecule has 2 heterocycles. The van der Waals surface area contributed by atoms with E-state index in [0.29, 0.717) is 29.7 Å². The molecule has 0 unspecified atom stereocenters. The number of halogens is 1. The van der Waals surface area contributed by atoms with Gasteiger partial charge >= 0.3 is 0 Å². The predicted octanol–water partition coefficient (Wildman–Crippen LogP) is 3.08. The highest BCUT2D eigenvalue weighted by Crippen LogP contribution is 2.34. The number of piperazine rings is 1. The molecule has 8 heteroatoms. The number of ether oxygens (including phenoxy) is 1. The van der Waals surface area contributed by atoms with Crippen molar-refractivity contribution in [2.45, 2.75) is 19.5 Å². The van der Waals surface area contributed by atoms with Gasteiger partial charge in [0, 0.05) is 25.7 Å². The molecule has 25 heavy (non-hydrogen) atoms. The van der Waals surface area contributed by atoms with Crippen molar-refractivity contribution >= 4 is 18.1 Å². The Hall–Kier alpha value is -2.09. The molecule has 1 aliphatic rings. The summed E-state index contributed by atoms with van der Waals surface area (Å²) < 4.78 is 10.9. The average Bonchev–Trinajstić information content (AvgIpc) is 3.02. The van der Waals surface area contributed by atoms with Gasteiger partial charge in [0.15, 0.2) is 0 Å². The number of rotatable bonds is 5. The molecule has 0 spiro atoms. The Balaban J connectivity index is 0.00000225. The summed E-state index contributed by atoms with van der Waals surface area (Å²) in [7, 11) is 1.48. The molecule has 1 N–H and O–H groups in total. The lowest BCUT2D eigenvalue weighted by molar-refractivity contribution is -0.384. The minimum absolute atomic E-state index is 0. The van der Waals surface area contributed by atoms with Crippen LogP contribution in [0, 0.1) is 10.1 Å². The lowest BCUT2D eigenvalue weighted by Gasteiger charge is -2.31.